The molecular formula is C12H28FN. The van der Waals surface area contributed by atoms with Crippen LogP contribution < -0.4 is 0 Å². The average molecular weight is 205 g/mol. The van der Waals surface area contributed by atoms with E-state index in [1.807, 2.05) is 13.8 Å². The van der Waals surface area contributed by atoms with Gasteiger partial charge in [-0.05, 0) is 0 Å². The molecule has 0 fully saturated rings. The molecular weight excluding hydrogens is 177 g/mol. The standard InChI is InChI=1S/C8H18.C2H4FN.C2H6/c1-3-5-7-8-6-4-2;1-2(3)4;1-2/h3-8H2,1-2H3;4H,1H3;1-2H3. The fourth-order valence-corrected chi connectivity index (χ4v) is 0.854. The average Bonchev–Trinajstić information content (AvgIpc) is 2.15. The molecule has 0 spiro atoms. The van der Waals surface area contributed by atoms with E-state index in [-0.39, 0.29) is 0 Å². The zero-order chi connectivity index (χ0) is 11.8. The van der Waals surface area contributed by atoms with Crippen molar-refractivity contribution in [3.8, 4) is 0 Å². The summed E-state index contributed by atoms with van der Waals surface area (Å²) in [6.45, 7) is 9.60. The van der Waals surface area contributed by atoms with E-state index in [1.54, 1.807) is 0 Å². The molecule has 0 amide bonds. The quantitative estimate of drug-likeness (QED) is 0.462. The van der Waals surface area contributed by atoms with Crippen LogP contribution in [0.2, 0.25) is 0 Å². The number of nitrogens with one attached hydrogen (secondary N) is 1. The van der Waals surface area contributed by atoms with E-state index in [4.69, 9.17) is 5.41 Å². The van der Waals surface area contributed by atoms with Gasteiger partial charge in [-0.25, -0.2) is 0 Å². The Balaban J connectivity index is -0.000000170. The highest BCUT2D eigenvalue weighted by Gasteiger charge is 1.83. The molecule has 14 heavy (non-hydrogen) atoms. The fraction of sp³-hybridized carbons (Fsp3) is 0.917. The molecule has 0 aromatic heterocycles. The summed E-state index contributed by atoms with van der Waals surface area (Å²) in [5.41, 5.74) is 0. The summed E-state index contributed by atoms with van der Waals surface area (Å²) < 4.78 is 10.6. The molecule has 0 aliphatic heterocycles. The van der Waals surface area contributed by atoms with Gasteiger partial charge in [-0.15, -0.1) is 0 Å². The summed E-state index contributed by atoms with van der Waals surface area (Å²) in [5.74, 6) is -0.833. The van der Waals surface area contributed by atoms with Gasteiger partial charge < -0.3 is 0 Å². The first-order valence-electron chi connectivity index (χ1n) is 5.85. The highest BCUT2D eigenvalue weighted by molar-refractivity contribution is 5.67. The smallest absolute Gasteiger partial charge is 0.178 e. The zero-order valence-electron chi connectivity index (χ0n) is 10.6. The van der Waals surface area contributed by atoms with Crippen LogP contribution >= 0.6 is 0 Å². The molecule has 0 atom stereocenters. The lowest BCUT2D eigenvalue weighted by Gasteiger charge is -1.93. The number of hydrogen-bond donors (Lipinski definition) is 1. The van der Waals surface area contributed by atoms with Crippen molar-refractivity contribution in [1.29, 1.82) is 5.41 Å². The van der Waals surface area contributed by atoms with Gasteiger partial charge in [0.1, 0.15) is 0 Å². The number of unbranched alkanes of at least 4 members (excludes halogenated alkanes) is 5. The van der Waals surface area contributed by atoms with Gasteiger partial charge in [0.2, 0.25) is 0 Å². The van der Waals surface area contributed by atoms with Crippen molar-refractivity contribution in [1.82, 2.24) is 0 Å². The second-order valence-corrected chi connectivity index (χ2v) is 2.95. The molecule has 0 aromatic carbocycles. The van der Waals surface area contributed by atoms with Gasteiger partial charge in [0.05, 0.1) is 0 Å². The second-order valence-electron chi connectivity index (χ2n) is 2.95. The van der Waals surface area contributed by atoms with Crippen LogP contribution in [0.15, 0.2) is 0 Å². The predicted octanol–water partition coefficient (Wildman–Crippen LogP) is 5.35. The van der Waals surface area contributed by atoms with Crippen molar-refractivity contribution in [2.75, 3.05) is 0 Å². The fourth-order valence-electron chi connectivity index (χ4n) is 0.854. The molecule has 0 saturated heterocycles. The lowest BCUT2D eigenvalue weighted by Crippen LogP contribution is -1.73. The molecule has 0 rings (SSSR count). The summed E-state index contributed by atoms with van der Waals surface area (Å²) >= 11 is 0. The van der Waals surface area contributed by atoms with Crippen LogP contribution in [0.4, 0.5) is 4.39 Å². The molecule has 88 valence electrons. The molecule has 0 aliphatic carbocycles. The van der Waals surface area contributed by atoms with E-state index in [2.05, 4.69) is 13.8 Å². The van der Waals surface area contributed by atoms with Gasteiger partial charge >= 0.3 is 0 Å². The van der Waals surface area contributed by atoms with Gasteiger partial charge in [-0.3, -0.25) is 5.41 Å². The first-order chi connectivity index (χ1) is 6.65. The van der Waals surface area contributed by atoms with Crippen molar-refractivity contribution in [2.24, 2.45) is 0 Å². The summed E-state index contributed by atoms with van der Waals surface area (Å²) in [4.78, 5) is 0. The minimum atomic E-state index is -0.833. The molecule has 0 unspecified atom stereocenters. The highest BCUT2D eigenvalue weighted by atomic mass is 19.1. The molecule has 0 bridgehead atoms. The van der Waals surface area contributed by atoms with Gasteiger partial charge in [-0.2, -0.15) is 4.39 Å². The maximum atomic E-state index is 10.6. The Bertz CT molecular complexity index is 82.3. The van der Waals surface area contributed by atoms with Gasteiger partial charge in [0, 0.05) is 6.92 Å². The third-order valence-electron chi connectivity index (χ3n) is 1.46. The van der Waals surface area contributed by atoms with Crippen LogP contribution in [0.25, 0.3) is 0 Å². The molecule has 0 radical (unpaired) electrons. The number of halogens is 1. The normalized spacial score (nSPS) is 7.86. The van der Waals surface area contributed by atoms with Gasteiger partial charge in [-0.1, -0.05) is 66.2 Å². The van der Waals surface area contributed by atoms with E-state index >= 15 is 0 Å². The minimum absolute atomic E-state index is 0.833. The first-order valence-corrected chi connectivity index (χ1v) is 5.85. The Morgan fingerprint density at radius 3 is 1.29 bits per heavy atom. The van der Waals surface area contributed by atoms with Gasteiger partial charge in [0.15, 0.2) is 5.97 Å². The summed E-state index contributed by atoms with van der Waals surface area (Å²) in [5, 5.41) is 5.83. The van der Waals surface area contributed by atoms with E-state index in [0.717, 1.165) is 6.92 Å². The second kappa shape index (κ2) is 22.9. The SMILES string of the molecule is CC.CC(=N)F.CCCCCCCC. The predicted molar refractivity (Wildman–Crippen MR) is 64.9 cm³/mol. The van der Waals surface area contributed by atoms with Crippen molar-refractivity contribution < 1.29 is 4.39 Å². The number of hydrogen-bond acceptors (Lipinski definition) is 1. The summed E-state index contributed by atoms with van der Waals surface area (Å²) in [6, 6.07) is 0. The Morgan fingerprint density at radius 1 is 0.929 bits per heavy atom. The maximum absolute atomic E-state index is 10.6. The van der Waals surface area contributed by atoms with Gasteiger partial charge in [0.25, 0.3) is 0 Å². The largest absolute Gasteiger partial charge is 0.278 e. The van der Waals surface area contributed by atoms with Crippen LogP contribution in [0.1, 0.15) is 73.1 Å². The van der Waals surface area contributed by atoms with Crippen LogP contribution in [0.3, 0.4) is 0 Å². The Labute approximate surface area is 89.6 Å². The van der Waals surface area contributed by atoms with Crippen molar-refractivity contribution in [3.63, 3.8) is 0 Å². The van der Waals surface area contributed by atoms with E-state index in [1.165, 1.54) is 38.5 Å². The molecule has 0 saturated carbocycles. The number of rotatable bonds is 5. The third kappa shape index (κ3) is 61.6. The summed E-state index contributed by atoms with van der Waals surface area (Å²) in [6.07, 6.45) is 8.49. The minimum Gasteiger partial charge on any atom is -0.278 e. The van der Waals surface area contributed by atoms with Crippen LogP contribution in [-0.2, 0) is 0 Å². The van der Waals surface area contributed by atoms with Crippen molar-refractivity contribution >= 4 is 5.97 Å². The molecule has 2 heteroatoms. The molecule has 0 aliphatic rings. The van der Waals surface area contributed by atoms with Crippen LogP contribution in [0.5, 0.6) is 0 Å². The lowest BCUT2D eigenvalue weighted by atomic mass is 10.1. The van der Waals surface area contributed by atoms with E-state index < -0.39 is 5.97 Å². The zero-order valence-corrected chi connectivity index (χ0v) is 10.6. The third-order valence-corrected chi connectivity index (χ3v) is 1.46. The topological polar surface area (TPSA) is 23.9 Å². The molecule has 1 N–H and O–H groups in total. The van der Waals surface area contributed by atoms with Crippen molar-refractivity contribution in [3.05, 3.63) is 0 Å². The maximum Gasteiger partial charge on any atom is 0.178 e. The Hall–Kier alpha value is -0.400. The Morgan fingerprint density at radius 2 is 1.14 bits per heavy atom. The van der Waals surface area contributed by atoms with Crippen molar-refractivity contribution in [2.45, 2.75) is 73.1 Å². The molecule has 0 aromatic rings. The monoisotopic (exact) mass is 205 g/mol. The first kappa shape index (κ1) is 19.2. The molecule has 1 nitrogen and oxygen atoms in total. The van der Waals surface area contributed by atoms with E-state index in [9.17, 15) is 4.39 Å². The Kier molecular flexibility index (Phi) is 31.5. The lowest BCUT2D eigenvalue weighted by molar-refractivity contribution is 0.624. The summed E-state index contributed by atoms with van der Waals surface area (Å²) in [7, 11) is 0. The van der Waals surface area contributed by atoms with Crippen LogP contribution in [-0.4, -0.2) is 5.97 Å². The highest BCUT2D eigenvalue weighted by Crippen LogP contribution is 2.03. The van der Waals surface area contributed by atoms with E-state index in [0.29, 0.717) is 0 Å². The van der Waals surface area contributed by atoms with Crippen LogP contribution in [0, 0.1) is 5.41 Å². The molecule has 0 heterocycles.